The molecule has 3 nitrogen and oxygen atoms in total. The number of nitrogens with zero attached hydrogens (tertiary/aromatic N) is 2. The zero-order valence-corrected chi connectivity index (χ0v) is 18.2. The lowest BCUT2D eigenvalue weighted by Gasteiger charge is -2.30. The Morgan fingerprint density at radius 3 is 1.58 bits per heavy atom. The van der Waals surface area contributed by atoms with Gasteiger partial charge in [0.1, 0.15) is 6.23 Å². The van der Waals surface area contributed by atoms with Crippen LogP contribution in [0.15, 0.2) is 0 Å². The molecule has 0 radical (unpaired) electrons. The minimum absolute atomic E-state index is 0.304. The van der Waals surface area contributed by atoms with E-state index >= 15 is 0 Å². The summed E-state index contributed by atoms with van der Waals surface area (Å²) in [5.74, 6) is 0. The quantitative estimate of drug-likeness (QED) is 0.311. The first-order chi connectivity index (χ1) is 12.7. The Kier molecular flexibility index (Phi) is 14.6. The zero-order valence-electron chi connectivity index (χ0n) is 18.2. The topological polar surface area (TPSA) is 26.7 Å². The summed E-state index contributed by atoms with van der Waals surface area (Å²) in [6.07, 6.45) is 22.7. The van der Waals surface area contributed by atoms with Crippen molar-refractivity contribution in [1.82, 2.24) is 9.80 Å². The Labute approximate surface area is 164 Å². The van der Waals surface area contributed by atoms with E-state index in [2.05, 4.69) is 23.8 Å². The van der Waals surface area contributed by atoms with Crippen LogP contribution in [0, 0.1) is 0 Å². The number of aliphatic hydroxyl groups is 1. The zero-order chi connectivity index (χ0) is 19.0. The molecule has 0 aromatic heterocycles. The smallest absolute Gasteiger partial charge is 0.105 e. The van der Waals surface area contributed by atoms with Crippen LogP contribution < -0.4 is 0 Å². The summed E-state index contributed by atoms with van der Waals surface area (Å²) in [5.41, 5.74) is 0. The molecule has 1 rings (SSSR count). The Balaban J connectivity index is 1.82. The molecular weight excluding hydrogens is 320 g/mol. The molecule has 0 aliphatic carbocycles. The lowest BCUT2D eigenvalue weighted by Crippen LogP contribution is -2.41. The van der Waals surface area contributed by atoms with Crippen LogP contribution in [0.3, 0.4) is 0 Å². The van der Waals surface area contributed by atoms with Crippen LogP contribution in [-0.2, 0) is 0 Å². The van der Waals surface area contributed by atoms with Gasteiger partial charge in [-0.05, 0) is 20.4 Å². The first kappa shape index (κ1) is 23.9. The van der Waals surface area contributed by atoms with Crippen molar-refractivity contribution in [1.29, 1.82) is 0 Å². The molecule has 1 N–H and O–H groups in total. The molecule has 156 valence electrons. The summed E-state index contributed by atoms with van der Waals surface area (Å²) in [7, 11) is 2.19. The average molecular weight is 369 g/mol. The van der Waals surface area contributed by atoms with Gasteiger partial charge in [-0.3, -0.25) is 9.80 Å². The van der Waals surface area contributed by atoms with Gasteiger partial charge in [-0.2, -0.15) is 0 Å². The second kappa shape index (κ2) is 15.9. The molecule has 1 saturated heterocycles. The van der Waals surface area contributed by atoms with Crippen LogP contribution in [0.1, 0.15) is 117 Å². The van der Waals surface area contributed by atoms with Gasteiger partial charge in [0.05, 0.1) is 6.17 Å². The fourth-order valence-electron chi connectivity index (χ4n) is 4.34. The van der Waals surface area contributed by atoms with Crippen molar-refractivity contribution < 1.29 is 5.11 Å². The molecule has 1 aliphatic heterocycles. The largest absolute Gasteiger partial charge is 0.379 e. The van der Waals surface area contributed by atoms with Crippen LogP contribution in [-0.4, -0.2) is 47.4 Å². The Hall–Kier alpha value is -0.120. The molecule has 0 spiro atoms. The molecule has 0 saturated carbocycles. The Bertz CT molecular complexity index is 309. The summed E-state index contributed by atoms with van der Waals surface area (Å²) in [5, 5.41) is 9.87. The fraction of sp³-hybridized carbons (Fsp3) is 1.00. The normalized spacial score (nSPS) is 20.1. The Morgan fingerprint density at radius 1 is 0.731 bits per heavy atom. The van der Waals surface area contributed by atoms with Crippen molar-refractivity contribution in [3.63, 3.8) is 0 Å². The van der Waals surface area contributed by atoms with E-state index < -0.39 is 0 Å². The molecule has 0 amide bonds. The van der Waals surface area contributed by atoms with Gasteiger partial charge in [0, 0.05) is 13.1 Å². The Morgan fingerprint density at radius 2 is 1.15 bits per heavy atom. The van der Waals surface area contributed by atoms with Gasteiger partial charge in [-0.1, -0.05) is 103 Å². The van der Waals surface area contributed by atoms with E-state index in [0.717, 1.165) is 13.1 Å². The first-order valence-corrected chi connectivity index (χ1v) is 11.8. The summed E-state index contributed by atoms with van der Waals surface area (Å²) >= 11 is 0. The molecule has 0 aromatic rings. The fourth-order valence-corrected chi connectivity index (χ4v) is 4.34. The third-order valence-electron chi connectivity index (χ3n) is 6.15. The predicted molar refractivity (Wildman–Crippen MR) is 114 cm³/mol. The van der Waals surface area contributed by atoms with E-state index in [0.29, 0.717) is 6.17 Å². The number of rotatable bonds is 17. The molecule has 3 heteroatoms. The first-order valence-electron chi connectivity index (χ1n) is 11.8. The number of unbranched alkanes of at least 4 members (excludes halogenated alkanes) is 14. The van der Waals surface area contributed by atoms with Crippen LogP contribution in [0.4, 0.5) is 0 Å². The standard InChI is InChI=1S/C23H48N2O/c1-4-5-6-7-8-9-10-11-12-13-14-15-16-17-18-19-23-24(3)20-21-25(23)22(2)26/h22-23,26H,4-21H2,1-3H3. The molecule has 0 aromatic carbocycles. The number of hydrogen-bond acceptors (Lipinski definition) is 3. The van der Waals surface area contributed by atoms with Crippen LogP contribution >= 0.6 is 0 Å². The molecule has 2 unspecified atom stereocenters. The number of aliphatic hydroxyl groups excluding tert-OH is 1. The molecule has 26 heavy (non-hydrogen) atoms. The van der Waals surface area contributed by atoms with Gasteiger partial charge in [0.25, 0.3) is 0 Å². The van der Waals surface area contributed by atoms with E-state index in [1.807, 2.05) is 6.92 Å². The van der Waals surface area contributed by atoms with Crippen LogP contribution in [0.5, 0.6) is 0 Å². The van der Waals surface area contributed by atoms with Gasteiger partial charge in [-0.15, -0.1) is 0 Å². The summed E-state index contributed by atoms with van der Waals surface area (Å²) in [4.78, 5) is 4.64. The minimum atomic E-state index is -0.304. The van der Waals surface area contributed by atoms with Crippen LogP contribution in [0.25, 0.3) is 0 Å². The monoisotopic (exact) mass is 368 g/mol. The van der Waals surface area contributed by atoms with Crippen molar-refractivity contribution in [2.45, 2.75) is 129 Å². The van der Waals surface area contributed by atoms with Crippen molar-refractivity contribution in [3.05, 3.63) is 0 Å². The highest BCUT2D eigenvalue weighted by molar-refractivity contribution is 4.80. The third kappa shape index (κ3) is 10.9. The highest BCUT2D eigenvalue weighted by Crippen LogP contribution is 2.21. The van der Waals surface area contributed by atoms with E-state index in [-0.39, 0.29) is 6.23 Å². The molecule has 0 bridgehead atoms. The molecule has 1 aliphatic rings. The highest BCUT2D eigenvalue weighted by atomic mass is 16.3. The third-order valence-corrected chi connectivity index (χ3v) is 6.15. The second-order valence-electron chi connectivity index (χ2n) is 8.57. The predicted octanol–water partition coefficient (Wildman–Crippen LogP) is 6.16. The lowest BCUT2D eigenvalue weighted by atomic mass is 10.0. The summed E-state index contributed by atoms with van der Waals surface area (Å²) in [6.45, 7) is 6.30. The highest BCUT2D eigenvalue weighted by Gasteiger charge is 2.30. The SMILES string of the molecule is CCCCCCCCCCCCCCCCCC1N(C)CCN1C(C)O. The van der Waals surface area contributed by atoms with Crippen molar-refractivity contribution >= 4 is 0 Å². The molecule has 2 atom stereocenters. The molecule has 1 heterocycles. The maximum absolute atomic E-state index is 9.87. The van der Waals surface area contributed by atoms with Gasteiger partial charge < -0.3 is 5.11 Å². The lowest BCUT2D eigenvalue weighted by molar-refractivity contribution is -0.0155. The summed E-state index contributed by atoms with van der Waals surface area (Å²) in [6, 6.07) is 0. The van der Waals surface area contributed by atoms with Crippen molar-refractivity contribution in [2.75, 3.05) is 20.1 Å². The number of likely N-dealkylation sites (N-methyl/N-ethyl adjacent to an activating group) is 1. The van der Waals surface area contributed by atoms with E-state index in [9.17, 15) is 5.11 Å². The second-order valence-corrected chi connectivity index (χ2v) is 8.57. The van der Waals surface area contributed by atoms with E-state index in [1.54, 1.807) is 0 Å². The van der Waals surface area contributed by atoms with Gasteiger partial charge in [-0.25, -0.2) is 0 Å². The maximum atomic E-state index is 9.87. The molecular formula is C23H48N2O. The minimum Gasteiger partial charge on any atom is -0.379 e. The maximum Gasteiger partial charge on any atom is 0.105 e. The van der Waals surface area contributed by atoms with Crippen molar-refractivity contribution in [2.24, 2.45) is 0 Å². The number of hydrogen-bond donors (Lipinski definition) is 1. The summed E-state index contributed by atoms with van der Waals surface area (Å²) < 4.78 is 0. The van der Waals surface area contributed by atoms with Crippen molar-refractivity contribution in [3.8, 4) is 0 Å². The van der Waals surface area contributed by atoms with E-state index in [1.165, 1.54) is 103 Å². The van der Waals surface area contributed by atoms with Gasteiger partial charge in [0.2, 0.25) is 0 Å². The average Bonchev–Trinajstić information content (AvgIpc) is 2.99. The van der Waals surface area contributed by atoms with Gasteiger partial charge >= 0.3 is 0 Å². The molecule has 1 fully saturated rings. The van der Waals surface area contributed by atoms with E-state index in [4.69, 9.17) is 0 Å². The van der Waals surface area contributed by atoms with Gasteiger partial charge in [0.15, 0.2) is 0 Å². The van der Waals surface area contributed by atoms with Crippen LogP contribution in [0.2, 0.25) is 0 Å².